The van der Waals surface area contributed by atoms with Gasteiger partial charge < -0.3 is 0 Å². The molecule has 0 radical (unpaired) electrons. The normalized spacial score (nSPS) is 15.6. The number of sulfonamides is 3. The van der Waals surface area contributed by atoms with Crippen LogP contribution >= 0.6 is 15.9 Å². The second kappa shape index (κ2) is 15.1. The second-order valence-corrected chi connectivity index (χ2v) is 17.8. The fourth-order valence-electron chi connectivity index (χ4n) is 5.17. The first-order valence-electron chi connectivity index (χ1n) is 14.8. The molecule has 0 fully saturated rings. The molecule has 3 aromatic carbocycles. The van der Waals surface area contributed by atoms with E-state index in [-0.39, 0.29) is 32.6 Å². The van der Waals surface area contributed by atoms with Crippen LogP contribution in [0.4, 0.5) is 17.1 Å². The molecule has 0 aliphatic carbocycles. The van der Waals surface area contributed by atoms with Gasteiger partial charge in [-0.1, -0.05) is 15.9 Å². The van der Waals surface area contributed by atoms with Crippen LogP contribution in [0.3, 0.4) is 0 Å². The molecule has 1 aliphatic rings. The molecule has 0 saturated carbocycles. The van der Waals surface area contributed by atoms with Gasteiger partial charge in [-0.15, -0.1) is 0 Å². The smallest absolute Gasteiger partial charge is 0.258 e. The van der Waals surface area contributed by atoms with Gasteiger partial charge in [-0.25, -0.2) is 25.3 Å². The van der Waals surface area contributed by atoms with Gasteiger partial charge in [0.05, 0.1) is 53.9 Å². The minimum atomic E-state index is -4.56. The molecule has 0 N–H and O–H groups in total. The van der Waals surface area contributed by atoms with Crippen molar-refractivity contribution < 1.29 is 40.0 Å². The maximum Gasteiger partial charge on any atom is 0.269 e. The van der Waals surface area contributed by atoms with E-state index in [1.165, 1.54) is 12.1 Å². The van der Waals surface area contributed by atoms with E-state index in [9.17, 15) is 55.6 Å². The Morgan fingerprint density at radius 1 is 0.500 bits per heavy atom. The third-order valence-corrected chi connectivity index (χ3v) is 13.9. The van der Waals surface area contributed by atoms with Gasteiger partial charge in [0.2, 0.25) is 30.1 Å². The lowest BCUT2D eigenvalue weighted by atomic mass is 10.3. The molecule has 2 bridgehead atoms. The Hall–Kier alpha value is -4.78. The van der Waals surface area contributed by atoms with Crippen LogP contribution in [0.5, 0.6) is 0 Å². The van der Waals surface area contributed by atoms with Gasteiger partial charge in [-0.05, 0) is 48.5 Å². The molecule has 0 spiro atoms. The highest BCUT2D eigenvalue weighted by Crippen LogP contribution is 2.27. The summed E-state index contributed by atoms with van der Waals surface area (Å²) in [7, 11) is -13.5. The molecule has 19 nitrogen and oxygen atoms in total. The van der Waals surface area contributed by atoms with E-state index in [4.69, 9.17) is 0 Å². The largest absolute Gasteiger partial charge is 0.269 e. The molecule has 5 rings (SSSR count). The van der Waals surface area contributed by atoms with Gasteiger partial charge in [-0.2, -0.15) is 12.9 Å². The molecule has 0 atom stereocenters. The highest BCUT2D eigenvalue weighted by atomic mass is 79.9. The first-order valence-corrected chi connectivity index (χ1v) is 19.9. The minimum Gasteiger partial charge on any atom is -0.258 e. The molecular formula is C29H26BrN7O12S3. The van der Waals surface area contributed by atoms with Crippen molar-refractivity contribution in [2.75, 3.05) is 26.2 Å². The quantitative estimate of drug-likeness (QED) is 0.173. The summed E-state index contributed by atoms with van der Waals surface area (Å²) in [5, 5.41) is 33.6. The van der Waals surface area contributed by atoms with Gasteiger partial charge in [-0.3, -0.25) is 35.3 Å². The van der Waals surface area contributed by atoms with E-state index < -0.39 is 94.7 Å². The summed E-state index contributed by atoms with van der Waals surface area (Å²) >= 11 is 3.34. The zero-order valence-electron chi connectivity index (χ0n) is 26.5. The summed E-state index contributed by atoms with van der Waals surface area (Å²) in [4.78, 5) is 34.9. The lowest BCUT2D eigenvalue weighted by molar-refractivity contribution is -0.385. The topological polar surface area (TPSA) is 254 Å². The average Bonchev–Trinajstić information content (AvgIpc) is 3.09. The van der Waals surface area contributed by atoms with Gasteiger partial charge in [0.15, 0.2) is 0 Å². The van der Waals surface area contributed by atoms with Crippen LogP contribution < -0.4 is 0 Å². The molecule has 2 heterocycles. The van der Waals surface area contributed by atoms with Crippen LogP contribution in [-0.2, 0) is 43.2 Å². The molecule has 0 amide bonds. The van der Waals surface area contributed by atoms with Gasteiger partial charge in [0.1, 0.15) is 0 Å². The number of aromatic nitrogens is 1. The van der Waals surface area contributed by atoms with E-state index in [1.807, 2.05) is 0 Å². The van der Waals surface area contributed by atoms with Crippen LogP contribution in [0.25, 0.3) is 0 Å². The molecule has 0 unspecified atom stereocenters. The number of nitro groups is 3. The van der Waals surface area contributed by atoms with Crippen molar-refractivity contribution in [1.82, 2.24) is 17.9 Å². The van der Waals surface area contributed by atoms with E-state index in [0.29, 0.717) is 4.47 Å². The van der Waals surface area contributed by atoms with E-state index >= 15 is 0 Å². The molecule has 52 heavy (non-hydrogen) atoms. The lowest BCUT2D eigenvalue weighted by Crippen LogP contribution is -2.45. The highest BCUT2D eigenvalue weighted by Gasteiger charge is 2.34. The number of pyridine rings is 1. The van der Waals surface area contributed by atoms with Gasteiger partial charge in [0.25, 0.3) is 17.1 Å². The molecule has 274 valence electrons. The fourth-order valence-corrected chi connectivity index (χ4v) is 9.92. The Kier molecular flexibility index (Phi) is 11.1. The molecule has 1 aliphatic heterocycles. The first-order chi connectivity index (χ1) is 24.4. The van der Waals surface area contributed by atoms with Crippen molar-refractivity contribution in [3.63, 3.8) is 0 Å². The standard InChI is InChI=1S/C29H26BrN7O12S3/c30-21-17-22-19-33(51(46,47)28-9-3-25(4-10-28)36(40)41)15-13-32(50(44,45)27-7-1-24(2-8-27)35(38)39)14-16-34(20-23(18-21)31-22)52(48,49)29-11-5-26(6-12-29)37(42)43/h1-12,17-18H,13-16,19-20H2. The Balaban J connectivity index is 1.61. The van der Waals surface area contributed by atoms with Crippen molar-refractivity contribution in [3.8, 4) is 0 Å². The van der Waals surface area contributed by atoms with Crippen molar-refractivity contribution in [2.24, 2.45) is 0 Å². The van der Waals surface area contributed by atoms with Crippen LogP contribution in [0.15, 0.2) is 104 Å². The minimum absolute atomic E-state index is 0.132. The van der Waals surface area contributed by atoms with Gasteiger partial charge in [0, 0.05) is 67.0 Å². The number of nitro benzene ring substituents is 3. The molecule has 0 saturated heterocycles. The Bertz CT molecular complexity index is 2240. The van der Waals surface area contributed by atoms with Crippen LogP contribution in [0, 0.1) is 30.3 Å². The number of fused-ring (bicyclic) bond motifs is 2. The van der Waals surface area contributed by atoms with Crippen molar-refractivity contribution in [3.05, 3.63) is 131 Å². The van der Waals surface area contributed by atoms with Crippen molar-refractivity contribution in [2.45, 2.75) is 27.8 Å². The number of rotatable bonds is 9. The fraction of sp³-hybridized carbons (Fsp3) is 0.207. The second-order valence-electron chi connectivity index (χ2n) is 11.1. The number of hydrogen-bond acceptors (Lipinski definition) is 13. The van der Waals surface area contributed by atoms with Crippen molar-refractivity contribution >= 4 is 63.1 Å². The number of nitrogens with zero attached hydrogens (tertiary/aromatic N) is 7. The Morgan fingerprint density at radius 2 is 0.769 bits per heavy atom. The van der Waals surface area contributed by atoms with Crippen LogP contribution in [0.1, 0.15) is 11.4 Å². The molecule has 1 aromatic heterocycles. The Morgan fingerprint density at radius 3 is 1.06 bits per heavy atom. The third kappa shape index (κ3) is 8.30. The van der Waals surface area contributed by atoms with Crippen molar-refractivity contribution in [1.29, 1.82) is 0 Å². The summed E-state index contributed by atoms with van der Waals surface area (Å²) in [6.45, 7) is -2.98. The summed E-state index contributed by atoms with van der Waals surface area (Å²) in [6.07, 6.45) is 0. The summed E-state index contributed by atoms with van der Waals surface area (Å²) < 4.78 is 87.0. The highest BCUT2D eigenvalue weighted by molar-refractivity contribution is 9.10. The summed E-state index contributed by atoms with van der Waals surface area (Å²) in [5.74, 6) is 0. The number of halogens is 1. The molecule has 4 aromatic rings. The predicted molar refractivity (Wildman–Crippen MR) is 185 cm³/mol. The first kappa shape index (κ1) is 38.5. The monoisotopic (exact) mass is 839 g/mol. The SMILES string of the molecule is O=[N+]([O-])c1ccc(S(=O)(=O)N2CCN(S(=O)(=O)c3ccc([N+](=O)[O-])cc3)Cc3cc(Br)cc(n3)CN(S(=O)(=O)c3ccc([N+](=O)[O-])cc3)CC2)cc1. The van der Waals surface area contributed by atoms with Crippen LogP contribution in [-0.4, -0.2) is 84.1 Å². The van der Waals surface area contributed by atoms with E-state index in [2.05, 4.69) is 20.9 Å². The number of non-ortho nitro benzene ring substituents is 3. The molecule has 23 heteroatoms. The van der Waals surface area contributed by atoms with E-state index in [0.717, 1.165) is 85.7 Å². The van der Waals surface area contributed by atoms with E-state index in [1.54, 1.807) is 0 Å². The predicted octanol–water partition coefficient (Wildman–Crippen LogP) is 3.66. The zero-order valence-corrected chi connectivity index (χ0v) is 30.5. The maximum atomic E-state index is 14.0. The van der Waals surface area contributed by atoms with Crippen LogP contribution in [0.2, 0.25) is 0 Å². The Labute approximate surface area is 304 Å². The number of benzene rings is 3. The zero-order chi connectivity index (χ0) is 38.0. The van der Waals surface area contributed by atoms with Gasteiger partial charge >= 0.3 is 0 Å². The maximum absolute atomic E-state index is 14.0. The third-order valence-electron chi connectivity index (χ3n) is 7.83. The summed E-state index contributed by atoms with van der Waals surface area (Å²) in [6, 6.07) is 15.0. The molecular weight excluding hydrogens is 814 g/mol. The lowest BCUT2D eigenvalue weighted by Gasteiger charge is -2.30. The average molecular weight is 841 g/mol. The summed E-state index contributed by atoms with van der Waals surface area (Å²) in [5.41, 5.74) is -0.854. The number of hydrogen-bond donors (Lipinski definition) is 0.